The quantitative estimate of drug-likeness (QED) is 0.868. The van der Waals surface area contributed by atoms with Gasteiger partial charge < -0.3 is 5.32 Å². The van der Waals surface area contributed by atoms with Gasteiger partial charge in [-0.15, -0.1) is 0 Å². The lowest BCUT2D eigenvalue weighted by Crippen LogP contribution is -2.23. The van der Waals surface area contributed by atoms with Gasteiger partial charge in [0, 0.05) is 10.0 Å². The van der Waals surface area contributed by atoms with E-state index in [4.69, 9.17) is 0 Å². The molecule has 3 heteroatoms. The highest BCUT2D eigenvalue weighted by Gasteiger charge is 2.19. The van der Waals surface area contributed by atoms with E-state index in [-0.39, 0.29) is 11.9 Å². The van der Waals surface area contributed by atoms with Crippen LogP contribution in [0.3, 0.4) is 0 Å². The van der Waals surface area contributed by atoms with Crippen LogP contribution in [0.25, 0.3) is 0 Å². The summed E-state index contributed by atoms with van der Waals surface area (Å²) >= 11 is 3.45. The number of rotatable bonds is 4. The van der Waals surface area contributed by atoms with Gasteiger partial charge >= 0.3 is 0 Å². The molecule has 2 aromatic rings. The fourth-order valence-electron chi connectivity index (χ4n) is 2.14. The predicted molar refractivity (Wildman–Crippen MR) is 80.8 cm³/mol. The van der Waals surface area contributed by atoms with Gasteiger partial charge in [0.25, 0.3) is 0 Å². The van der Waals surface area contributed by atoms with Crippen LogP contribution in [0.1, 0.15) is 29.7 Å². The molecule has 0 saturated heterocycles. The molecule has 0 radical (unpaired) electrons. The van der Waals surface area contributed by atoms with E-state index in [0.29, 0.717) is 5.56 Å². The molecular weight excluding hydrogens is 305 g/mol. The van der Waals surface area contributed by atoms with Crippen LogP contribution < -0.4 is 5.32 Å². The molecule has 0 aliphatic heterocycles. The van der Waals surface area contributed by atoms with Gasteiger partial charge in [-0.2, -0.15) is 0 Å². The Morgan fingerprint density at radius 3 is 2.42 bits per heavy atom. The van der Waals surface area contributed by atoms with E-state index >= 15 is 0 Å². The number of aryl methyl sites for hydroxylation is 1. The van der Waals surface area contributed by atoms with Crippen LogP contribution in [0.5, 0.6) is 0 Å². The molecule has 1 atom stereocenters. The molecule has 0 saturated carbocycles. The molecule has 0 aliphatic carbocycles. The Balaban J connectivity index is 2.48. The van der Waals surface area contributed by atoms with Gasteiger partial charge in [-0.05, 0) is 31.2 Å². The molecule has 0 fully saturated rings. The second-order valence-corrected chi connectivity index (χ2v) is 5.39. The SMILES string of the molecule is CCNC(c1ccc(C)cc1)c1c(F)cccc1Br. The predicted octanol–water partition coefficient (Wildman–Crippen LogP) is 4.60. The molecule has 0 spiro atoms. The van der Waals surface area contributed by atoms with Crippen LogP contribution in [0.4, 0.5) is 4.39 Å². The maximum absolute atomic E-state index is 14.1. The van der Waals surface area contributed by atoms with Crippen molar-refractivity contribution in [1.82, 2.24) is 5.32 Å². The summed E-state index contributed by atoms with van der Waals surface area (Å²) < 4.78 is 14.9. The molecule has 2 rings (SSSR count). The van der Waals surface area contributed by atoms with Gasteiger partial charge in [0.05, 0.1) is 6.04 Å². The fraction of sp³-hybridized carbons (Fsp3) is 0.250. The van der Waals surface area contributed by atoms with Gasteiger partial charge in [-0.1, -0.05) is 58.7 Å². The van der Waals surface area contributed by atoms with Crippen LogP contribution in [0.15, 0.2) is 46.9 Å². The first-order valence-corrected chi connectivity index (χ1v) is 7.16. The number of hydrogen-bond donors (Lipinski definition) is 1. The van der Waals surface area contributed by atoms with Crippen LogP contribution in [-0.4, -0.2) is 6.54 Å². The number of nitrogens with one attached hydrogen (secondary N) is 1. The van der Waals surface area contributed by atoms with Crippen molar-refractivity contribution in [3.63, 3.8) is 0 Å². The van der Waals surface area contributed by atoms with Crippen molar-refractivity contribution in [2.45, 2.75) is 19.9 Å². The lowest BCUT2D eigenvalue weighted by atomic mass is 9.97. The lowest BCUT2D eigenvalue weighted by Gasteiger charge is -2.21. The van der Waals surface area contributed by atoms with E-state index in [9.17, 15) is 4.39 Å². The van der Waals surface area contributed by atoms with Crippen LogP contribution in [0.2, 0.25) is 0 Å². The molecule has 0 heterocycles. The molecule has 19 heavy (non-hydrogen) atoms. The molecule has 2 aromatic carbocycles. The van der Waals surface area contributed by atoms with E-state index in [0.717, 1.165) is 16.6 Å². The number of hydrogen-bond acceptors (Lipinski definition) is 1. The topological polar surface area (TPSA) is 12.0 Å². The van der Waals surface area contributed by atoms with Crippen molar-refractivity contribution >= 4 is 15.9 Å². The molecule has 1 N–H and O–H groups in total. The maximum atomic E-state index is 14.1. The zero-order chi connectivity index (χ0) is 13.8. The molecule has 1 unspecified atom stereocenters. The molecular formula is C16H17BrFN. The minimum Gasteiger partial charge on any atom is -0.306 e. The van der Waals surface area contributed by atoms with Crippen LogP contribution >= 0.6 is 15.9 Å². The average molecular weight is 322 g/mol. The van der Waals surface area contributed by atoms with Crippen molar-refractivity contribution in [3.8, 4) is 0 Å². The third-order valence-corrected chi connectivity index (χ3v) is 3.80. The van der Waals surface area contributed by atoms with Crippen molar-refractivity contribution < 1.29 is 4.39 Å². The average Bonchev–Trinajstić information content (AvgIpc) is 2.38. The molecule has 100 valence electrons. The largest absolute Gasteiger partial charge is 0.306 e. The van der Waals surface area contributed by atoms with Crippen LogP contribution in [0, 0.1) is 12.7 Å². The fourth-order valence-corrected chi connectivity index (χ4v) is 2.71. The Morgan fingerprint density at radius 2 is 1.84 bits per heavy atom. The summed E-state index contributed by atoms with van der Waals surface area (Å²) in [6, 6.07) is 13.1. The van der Waals surface area contributed by atoms with Crippen molar-refractivity contribution in [2.75, 3.05) is 6.54 Å². The summed E-state index contributed by atoms with van der Waals surface area (Å²) in [6.07, 6.45) is 0. The van der Waals surface area contributed by atoms with Gasteiger partial charge in [0.2, 0.25) is 0 Å². The van der Waals surface area contributed by atoms with E-state index in [1.807, 2.05) is 32.0 Å². The van der Waals surface area contributed by atoms with E-state index < -0.39 is 0 Å². The minimum absolute atomic E-state index is 0.138. The van der Waals surface area contributed by atoms with Crippen molar-refractivity contribution in [3.05, 3.63) is 69.4 Å². The number of halogens is 2. The monoisotopic (exact) mass is 321 g/mol. The second kappa shape index (κ2) is 6.31. The Labute approximate surface area is 122 Å². The summed E-state index contributed by atoms with van der Waals surface area (Å²) in [5.74, 6) is -0.194. The van der Waals surface area contributed by atoms with Gasteiger partial charge in [0.15, 0.2) is 0 Å². The molecule has 1 nitrogen and oxygen atoms in total. The lowest BCUT2D eigenvalue weighted by molar-refractivity contribution is 0.556. The number of benzene rings is 2. The second-order valence-electron chi connectivity index (χ2n) is 4.54. The zero-order valence-electron chi connectivity index (χ0n) is 11.1. The summed E-state index contributed by atoms with van der Waals surface area (Å²) in [6.45, 7) is 4.85. The molecule has 0 aromatic heterocycles. The van der Waals surface area contributed by atoms with E-state index in [2.05, 4.69) is 33.4 Å². The molecule has 0 aliphatic rings. The normalized spacial score (nSPS) is 12.4. The first kappa shape index (κ1) is 14.2. The smallest absolute Gasteiger partial charge is 0.129 e. The third kappa shape index (κ3) is 3.23. The standard InChI is InChI=1S/C16H17BrFN/c1-3-19-16(12-9-7-11(2)8-10-12)15-13(17)5-4-6-14(15)18/h4-10,16,19H,3H2,1-2H3. The maximum Gasteiger partial charge on any atom is 0.129 e. The zero-order valence-corrected chi connectivity index (χ0v) is 12.7. The summed E-state index contributed by atoms with van der Waals surface area (Å²) in [7, 11) is 0. The Morgan fingerprint density at radius 1 is 1.16 bits per heavy atom. The van der Waals surface area contributed by atoms with E-state index in [1.165, 1.54) is 11.6 Å². The van der Waals surface area contributed by atoms with Crippen molar-refractivity contribution in [1.29, 1.82) is 0 Å². The first-order valence-electron chi connectivity index (χ1n) is 6.37. The molecule has 0 amide bonds. The summed E-state index contributed by atoms with van der Waals surface area (Å²) in [5.41, 5.74) is 2.93. The highest BCUT2D eigenvalue weighted by Crippen LogP contribution is 2.30. The minimum atomic E-state index is -0.194. The Bertz CT molecular complexity index is 531. The van der Waals surface area contributed by atoms with Crippen molar-refractivity contribution in [2.24, 2.45) is 0 Å². The Kier molecular flexibility index (Phi) is 4.72. The highest BCUT2D eigenvalue weighted by molar-refractivity contribution is 9.10. The first-order chi connectivity index (χ1) is 9.13. The van der Waals surface area contributed by atoms with Crippen LogP contribution in [-0.2, 0) is 0 Å². The van der Waals surface area contributed by atoms with Gasteiger partial charge in [-0.25, -0.2) is 4.39 Å². The Hall–Kier alpha value is -1.19. The highest BCUT2D eigenvalue weighted by atomic mass is 79.9. The third-order valence-electron chi connectivity index (χ3n) is 3.11. The summed E-state index contributed by atoms with van der Waals surface area (Å²) in [5, 5.41) is 3.35. The van der Waals surface area contributed by atoms with E-state index in [1.54, 1.807) is 6.07 Å². The summed E-state index contributed by atoms with van der Waals surface area (Å²) in [4.78, 5) is 0. The van der Waals surface area contributed by atoms with Gasteiger partial charge in [0.1, 0.15) is 5.82 Å². The molecule has 0 bridgehead atoms. The van der Waals surface area contributed by atoms with Gasteiger partial charge in [-0.3, -0.25) is 0 Å².